The van der Waals surface area contributed by atoms with Gasteiger partial charge < -0.3 is 9.88 Å². The molecule has 0 aliphatic rings. The summed E-state index contributed by atoms with van der Waals surface area (Å²) < 4.78 is 0. The number of pyridine rings is 1. The Bertz CT molecular complexity index is 1260. The smallest absolute Gasteiger partial charge is 0.268 e. The Morgan fingerprint density at radius 1 is 1.03 bits per heavy atom. The maximum Gasteiger partial charge on any atom is 0.268 e. The van der Waals surface area contributed by atoms with Gasteiger partial charge in [-0.2, -0.15) is 0 Å². The van der Waals surface area contributed by atoms with E-state index in [0.717, 1.165) is 33.3 Å². The lowest BCUT2D eigenvalue weighted by Gasteiger charge is -2.25. The van der Waals surface area contributed by atoms with Gasteiger partial charge in [-0.3, -0.25) is 9.59 Å². The quantitative estimate of drug-likeness (QED) is 0.499. The van der Waals surface area contributed by atoms with Crippen LogP contribution in [0.25, 0.3) is 10.9 Å². The highest BCUT2D eigenvalue weighted by Gasteiger charge is 2.22. The van der Waals surface area contributed by atoms with Gasteiger partial charge >= 0.3 is 0 Å². The van der Waals surface area contributed by atoms with Crippen LogP contribution in [-0.2, 0) is 6.54 Å². The van der Waals surface area contributed by atoms with Crippen molar-refractivity contribution in [2.24, 2.45) is 0 Å². The van der Waals surface area contributed by atoms with Crippen molar-refractivity contribution in [3.05, 3.63) is 97.5 Å². The molecule has 1 N–H and O–H groups in total. The number of carbonyl (C=O) groups excluding carboxylic acids is 1. The summed E-state index contributed by atoms with van der Waals surface area (Å²) in [6, 6.07) is 17.4. The summed E-state index contributed by atoms with van der Waals surface area (Å²) in [4.78, 5) is 31.4. The Morgan fingerprint density at radius 2 is 1.86 bits per heavy atom. The molecule has 0 spiro atoms. The van der Waals surface area contributed by atoms with E-state index in [9.17, 15) is 9.59 Å². The Morgan fingerprint density at radius 3 is 2.62 bits per heavy atom. The molecule has 0 aliphatic heterocycles. The molecule has 0 saturated carbocycles. The van der Waals surface area contributed by atoms with E-state index in [1.54, 1.807) is 4.90 Å². The second-order valence-electron chi connectivity index (χ2n) is 7.30. The highest BCUT2D eigenvalue weighted by molar-refractivity contribution is 7.12. The minimum atomic E-state index is -0.171. The normalized spacial score (nSPS) is 11.0. The number of amides is 1. The van der Waals surface area contributed by atoms with E-state index in [2.05, 4.69) is 4.98 Å². The number of nitrogens with zero attached hydrogens (tertiary/aromatic N) is 1. The number of hydrogen-bond donors (Lipinski definition) is 1. The van der Waals surface area contributed by atoms with Crippen molar-refractivity contribution in [1.82, 2.24) is 4.98 Å². The summed E-state index contributed by atoms with van der Waals surface area (Å²) in [6.07, 6.45) is 0. The minimum absolute atomic E-state index is 0.0996. The predicted molar refractivity (Wildman–Crippen MR) is 120 cm³/mol. The molecule has 4 nitrogen and oxygen atoms in total. The molecule has 2 aromatic carbocycles. The van der Waals surface area contributed by atoms with Crippen molar-refractivity contribution in [2.75, 3.05) is 4.90 Å². The summed E-state index contributed by atoms with van der Waals surface area (Å²) in [5.41, 5.74) is 5.28. The van der Waals surface area contributed by atoms with E-state index in [1.165, 1.54) is 11.3 Å². The summed E-state index contributed by atoms with van der Waals surface area (Å²) in [5, 5.41) is 2.85. The van der Waals surface area contributed by atoms with Crippen LogP contribution in [0, 0.1) is 20.8 Å². The van der Waals surface area contributed by atoms with Crippen LogP contribution in [-0.4, -0.2) is 10.9 Å². The number of anilines is 1. The summed E-state index contributed by atoms with van der Waals surface area (Å²) in [5.74, 6) is -0.0996. The highest BCUT2D eigenvalue weighted by atomic mass is 32.1. The second-order valence-corrected chi connectivity index (χ2v) is 8.25. The zero-order valence-electron chi connectivity index (χ0n) is 16.7. The number of carbonyl (C=O) groups is 1. The van der Waals surface area contributed by atoms with E-state index in [0.29, 0.717) is 10.4 Å². The number of aryl methyl sites for hydroxylation is 2. The van der Waals surface area contributed by atoms with E-state index < -0.39 is 0 Å². The van der Waals surface area contributed by atoms with Crippen molar-refractivity contribution in [2.45, 2.75) is 27.3 Å². The van der Waals surface area contributed by atoms with E-state index in [1.807, 2.05) is 80.7 Å². The van der Waals surface area contributed by atoms with Crippen LogP contribution in [0.15, 0.2) is 64.8 Å². The maximum absolute atomic E-state index is 13.3. The largest absolute Gasteiger partial charge is 0.322 e. The Balaban J connectivity index is 1.83. The third-order valence-electron chi connectivity index (χ3n) is 5.25. The fourth-order valence-corrected chi connectivity index (χ4v) is 4.16. The topological polar surface area (TPSA) is 53.2 Å². The first-order valence-corrected chi connectivity index (χ1v) is 10.4. The van der Waals surface area contributed by atoms with E-state index >= 15 is 0 Å². The Kier molecular flexibility index (Phi) is 5.07. The standard InChI is InChI=1S/C24H22N2O2S/c1-15-9-10-20-18(12-15)13-19(23(27)25-20)14-26(24(28)22-8-5-11-29-22)21-7-4-6-16(2)17(21)3/h4-13H,14H2,1-3H3,(H,25,27). The molecule has 0 unspecified atom stereocenters. The van der Waals surface area contributed by atoms with Crippen molar-refractivity contribution >= 4 is 33.8 Å². The van der Waals surface area contributed by atoms with Gasteiger partial charge in [0.2, 0.25) is 0 Å². The molecular weight excluding hydrogens is 380 g/mol. The van der Waals surface area contributed by atoms with E-state index in [-0.39, 0.29) is 18.0 Å². The molecule has 0 atom stereocenters. The van der Waals surface area contributed by atoms with Crippen LogP contribution in [0.2, 0.25) is 0 Å². The van der Waals surface area contributed by atoms with Gasteiger partial charge in [-0.25, -0.2) is 0 Å². The van der Waals surface area contributed by atoms with Crippen molar-refractivity contribution < 1.29 is 4.79 Å². The van der Waals surface area contributed by atoms with Gasteiger partial charge in [0.1, 0.15) is 0 Å². The first-order valence-electron chi connectivity index (χ1n) is 9.48. The van der Waals surface area contributed by atoms with E-state index in [4.69, 9.17) is 0 Å². The van der Waals surface area contributed by atoms with Crippen molar-refractivity contribution in [3.63, 3.8) is 0 Å². The number of benzene rings is 2. The fraction of sp³-hybridized carbons (Fsp3) is 0.167. The molecule has 2 heterocycles. The number of aromatic amines is 1. The molecule has 4 aromatic rings. The van der Waals surface area contributed by atoms with Crippen LogP contribution in [0.5, 0.6) is 0 Å². The number of H-pyrrole nitrogens is 1. The Labute approximate surface area is 173 Å². The molecule has 5 heteroatoms. The monoisotopic (exact) mass is 402 g/mol. The van der Waals surface area contributed by atoms with Gasteiger partial charge in [-0.1, -0.05) is 29.8 Å². The molecule has 0 radical (unpaired) electrons. The third-order valence-corrected chi connectivity index (χ3v) is 6.11. The van der Waals surface area contributed by atoms with Crippen LogP contribution < -0.4 is 10.5 Å². The Hall–Kier alpha value is -3.18. The second kappa shape index (κ2) is 7.68. The first kappa shape index (κ1) is 19.2. The van der Waals surface area contributed by atoms with Crippen LogP contribution in [0.4, 0.5) is 5.69 Å². The maximum atomic E-state index is 13.3. The lowest BCUT2D eigenvalue weighted by atomic mass is 10.1. The number of fused-ring (bicyclic) bond motifs is 1. The zero-order chi connectivity index (χ0) is 20.5. The lowest BCUT2D eigenvalue weighted by Crippen LogP contribution is -2.33. The first-order chi connectivity index (χ1) is 13.9. The van der Waals surface area contributed by atoms with Gasteiger partial charge in [-0.05, 0) is 73.0 Å². The molecule has 0 saturated heterocycles. The van der Waals surface area contributed by atoms with Crippen LogP contribution >= 0.6 is 11.3 Å². The number of aromatic nitrogens is 1. The predicted octanol–water partition coefficient (Wildman–Crippen LogP) is 5.36. The molecule has 0 aliphatic carbocycles. The van der Waals surface area contributed by atoms with Gasteiger partial charge in [0, 0.05) is 16.8 Å². The van der Waals surface area contributed by atoms with Gasteiger partial charge in [0.05, 0.1) is 11.4 Å². The molecule has 29 heavy (non-hydrogen) atoms. The van der Waals surface area contributed by atoms with Crippen molar-refractivity contribution in [1.29, 1.82) is 0 Å². The summed E-state index contributed by atoms with van der Waals surface area (Å²) in [6.45, 7) is 6.26. The summed E-state index contributed by atoms with van der Waals surface area (Å²) >= 11 is 1.41. The van der Waals surface area contributed by atoms with Gasteiger partial charge in [0.15, 0.2) is 0 Å². The molecular formula is C24H22N2O2S. The number of nitrogens with one attached hydrogen (secondary N) is 1. The zero-order valence-corrected chi connectivity index (χ0v) is 17.5. The number of thiophene rings is 1. The molecule has 2 aromatic heterocycles. The minimum Gasteiger partial charge on any atom is -0.322 e. The molecule has 146 valence electrons. The van der Waals surface area contributed by atoms with Crippen molar-refractivity contribution in [3.8, 4) is 0 Å². The third kappa shape index (κ3) is 3.74. The molecule has 1 amide bonds. The molecule has 0 bridgehead atoms. The molecule has 0 fully saturated rings. The average Bonchev–Trinajstić information content (AvgIpc) is 3.23. The van der Waals surface area contributed by atoms with Crippen LogP contribution in [0.3, 0.4) is 0 Å². The average molecular weight is 403 g/mol. The van der Waals surface area contributed by atoms with Crippen LogP contribution in [0.1, 0.15) is 31.9 Å². The van der Waals surface area contributed by atoms with Gasteiger partial charge in [0.25, 0.3) is 11.5 Å². The number of hydrogen-bond acceptors (Lipinski definition) is 3. The van der Waals surface area contributed by atoms with Gasteiger partial charge in [-0.15, -0.1) is 11.3 Å². The number of rotatable bonds is 4. The highest BCUT2D eigenvalue weighted by Crippen LogP contribution is 2.27. The molecule has 4 rings (SSSR count). The summed E-state index contributed by atoms with van der Waals surface area (Å²) in [7, 11) is 0. The lowest BCUT2D eigenvalue weighted by molar-refractivity contribution is 0.0989. The SMILES string of the molecule is Cc1ccc2[nH]c(=O)c(CN(C(=O)c3cccs3)c3cccc(C)c3C)cc2c1. The fourth-order valence-electron chi connectivity index (χ4n) is 3.49.